The lowest BCUT2D eigenvalue weighted by molar-refractivity contribution is 0.435. The highest BCUT2D eigenvalue weighted by atomic mass is 35.5. The second kappa shape index (κ2) is 3.73. The number of hydrogen-bond acceptors (Lipinski definition) is 1. The largest absolute Gasteiger partial charge is 0.308 e. The van der Waals surface area contributed by atoms with E-state index in [1.807, 2.05) is 18.2 Å². The maximum atomic E-state index is 6.17. The van der Waals surface area contributed by atoms with E-state index in [1.54, 1.807) is 0 Å². The Kier molecular flexibility index (Phi) is 2.74. The third-order valence-corrected chi connectivity index (χ3v) is 3.44. The molecule has 3 heteroatoms. The summed E-state index contributed by atoms with van der Waals surface area (Å²) in [5, 5.41) is 4.94. The van der Waals surface area contributed by atoms with Gasteiger partial charge in [0.15, 0.2) is 0 Å². The van der Waals surface area contributed by atoms with E-state index in [2.05, 4.69) is 12.2 Å². The number of rotatable bonds is 1. The lowest BCUT2D eigenvalue weighted by Crippen LogP contribution is -2.33. The van der Waals surface area contributed by atoms with Crippen LogP contribution in [0.25, 0.3) is 0 Å². The van der Waals surface area contributed by atoms with Crippen molar-refractivity contribution >= 4 is 23.2 Å². The van der Waals surface area contributed by atoms with Gasteiger partial charge in [-0.2, -0.15) is 0 Å². The second-order valence-corrected chi connectivity index (χ2v) is 4.83. The highest BCUT2D eigenvalue weighted by molar-refractivity contribution is 6.35. The van der Waals surface area contributed by atoms with Crippen LogP contribution in [0.2, 0.25) is 10.0 Å². The topological polar surface area (TPSA) is 12.0 Å². The van der Waals surface area contributed by atoms with Crippen molar-refractivity contribution < 1.29 is 0 Å². The van der Waals surface area contributed by atoms with Crippen molar-refractivity contribution in [2.75, 3.05) is 6.54 Å². The first-order chi connectivity index (χ1) is 6.62. The van der Waals surface area contributed by atoms with Crippen molar-refractivity contribution in [3.05, 3.63) is 33.8 Å². The molecule has 1 fully saturated rings. The molecule has 1 aliphatic heterocycles. The highest BCUT2D eigenvalue weighted by Gasteiger charge is 2.31. The van der Waals surface area contributed by atoms with E-state index in [4.69, 9.17) is 23.2 Å². The van der Waals surface area contributed by atoms with E-state index in [9.17, 15) is 0 Å². The number of halogens is 2. The van der Waals surface area contributed by atoms with Gasteiger partial charge in [-0.3, -0.25) is 0 Å². The molecular weight excluding hydrogens is 217 g/mol. The average molecular weight is 230 g/mol. The fraction of sp³-hybridized carbons (Fsp3) is 0.455. The fourth-order valence-corrected chi connectivity index (χ4v) is 2.68. The zero-order chi connectivity index (χ0) is 10.2. The fourth-order valence-electron chi connectivity index (χ4n) is 2.06. The Morgan fingerprint density at radius 2 is 2.14 bits per heavy atom. The lowest BCUT2D eigenvalue weighted by atomic mass is 9.90. The minimum atomic E-state index is 0.0294. The molecule has 1 atom stereocenters. The van der Waals surface area contributed by atoms with Crippen LogP contribution in [0.15, 0.2) is 18.2 Å². The third kappa shape index (κ3) is 1.77. The molecule has 1 heterocycles. The van der Waals surface area contributed by atoms with Crippen LogP contribution in [0.1, 0.15) is 25.3 Å². The summed E-state index contributed by atoms with van der Waals surface area (Å²) in [6.45, 7) is 3.25. The van der Waals surface area contributed by atoms with E-state index in [1.165, 1.54) is 6.42 Å². The van der Waals surface area contributed by atoms with Gasteiger partial charge in [-0.1, -0.05) is 29.3 Å². The molecule has 0 aromatic heterocycles. The lowest BCUT2D eigenvalue weighted by Gasteiger charge is -2.26. The van der Waals surface area contributed by atoms with Gasteiger partial charge in [-0.05, 0) is 44.0 Å². The molecule has 2 rings (SSSR count). The minimum absolute atomic E-state index is 0.0294. The summed E-state index contributed by atoms with van der Waals surface area (Å²) in [7, 11) is 0. The Labute approximate surface area is 94.4 Å². The number of nitrogens with one attached hydrogen (secondary N) is 1. The Balaban J connectivity index is 2.40. The molecule has 0 bridgehead atoms. The summed E-state index contributed by atoms with van der Waals surface area (Å²) in [6.07, 6.45) is 2.34. The van der Waals surface area contributed by atoms with Crippen LogP contribution in [-0.4, -0.2) is 6.54 Å². The summed E-state index contributed by atoms with van der Waals surface area (Å²) in [5.74, 6) is 0. The Morgan fingerprint density at radius 3 is 2.71 bits per heavy atom. The quantitative estimate of drug-likeness (QED) is 0.777. The molecule has 0 radical (unpaired) electrons. The predicted molar refractivity (Wildman–Crippen MR) is 61.1 cm³/mol. The van der Waals surface area contributed by atoms with Gasteiger partial charge in [0.25, 0.3) is 0 Å². The molecule has 1 aliphatic rings. The Bertz CT molecular complexity index is 343. The van der Waals surface area contributed by atoms with E-state index >= 15 is 0 Å². The smallest absolute Gasteiger partial charge is 0.0471 e. The zero-order valence-electron chi connectivity index (χ0n) is 8.11. The average Bonchev–Trinajstić information content (AvgIpc) is 2.52. The van der Waals surface area contributed by atoms with Gasteiger partial charge in [-0.25, -0.2) is 0 Å². The van der Waals surface area contributed by atoms with Crippen molar-refractivity contribution in [3.8, 4) is 0 Å². The maximum absolute atomic E-state index is 6.17. The molecule has 1 unspecified atom stereocenters. The molecule has 0 spiro atoms. The number of benzene rings is 1. The molecule has 1 aromatic carbocycles. The van der Waals surface area contributed by atoms with Gasteiger partial charge in [0.05, 0.1) is 0 Å². The summed E-state index contributed by atoms with van der Waals surface area (Å²) >= 11 is 12.0. The van der Waals surface area contributed by atoms with E-state index in [-0.39, 0.29) is 5.54 Å². The standard InChI is InChI=1S/C11H13Cl2N/c1-11(5-2-6-14-11)9-4-3-8(12)7-10(9)13/h3-4,7,14H,2,5-6H2,1H3. The van der Waals surface area contributed by atoms with E-state index < -0.39 is 0 Å². The van der Waals surface area contributed by atoms with Crippen molar-refractivity contribution in [2.45, 2.75) is 25.3 Å². The number of hydrogen-bond donors (Lipinski definition) is 1. The monoisotopic (exact) mass is 229 g/mol. The first-order valence-electron chi connectivity index (χ1n) is 4.82. The van der Waals surface area contributed by atoms with Crippen LogP contribution in [0, 0.1) is 0 Å². The molecule has 0 aliphatic carbocycles. The first kappa shape index (κ1) is 10.3. The van der Waals surface area contributed by atoms with E-state index in [0.29, 0.717) is 5.02 Å². The molecule has 1 saturated heterocycles. The highest BCUT2D eigenvalue weighted by Crippen LogP contribution is 2.35. The normalized spacial score (nSPS) is 26.8. The van der Waals surface area contributed by atoms with Crippen LogP contribution in [0.4, 0.5) is 0 Å². The van der Waals surface area contributed by atoms with Gasteiger partial charge in [0.2, 0.25) is 0 Å². The van der Waals surface area contributed by atoms with Gasteiger partial charge in [0.1, 0.15) is 0 Å². The van der Waals surface area contributed by atoms with Crippen LogP contribution >= 0.6 is 23.2 Å². The van der Waals surface area contributed by atoms with Gasteiger partial charge in [0, 0.05) is 15.6 Å². The third-order valence-electron chi connectivity index (χ3n) is 2.89. The van der Waals surface area contributed by atoms with E-state index in [0.717, 1.165) is 23.6 Å². The molecule has 1 aromatic rings. The van der Waals surface area contributed by atoms with Crippen LogP contribution < -0.4 is 5.32 Å². The maximum Gasteiger partial charge on any atom is 0.0471 e. The predicted octanol–water partition coefficient (Wildman–Crippen LogP) is 3.59. The van der Waals surface area contributed by atoms with Crippen molar-refractivity contribution in [3.63, 3.8) is 0 Å². The van der Waals surface area contributed by atoms with Crippen molar-refractivity contribution in [1.29, 1.82) is 0 Å². The van der Waals surface area contributed by atoms with Gasteiger partial charge >= 0.3 is 0 Å². The molecule has 1 nitrogen and oxygen atoms in total. The second-order valence-electron chi connectivity index (χ2n) is 3.99. The summed E-state index contributed by atoms with van der Waals surface area (Å²) in [4.78, 5) is 0. The van der Waals surface area contributed by atoms with Gasteiger partial charge in [-0.15, -0.1) is 0 Å². The molecule has 0 amide bonds. The summed E-state index contributed by atoms with van der Waals surface area (Å²) < 4.78 is 0. The van der Waals surface area contributed by atoms with Gasteiger partial charge < -0.3 is 5.32 Å². The molecular formula is C11H13Cl2N. The van der Waals surface area contributed by atoms with Crippen molar-refractivity contribution in [1.82, 2.24) is 5.32 Å². The first-order valence-corrected chi connectivity index (χ1v) is 5.58. The summed E-state index contributed by atoms with van der Waals surface area (Å²) in [5.41, 5.74) is 1.18. The van der Waals surface area contributed by atoms with Crippen LogP contribution in [0.3, 0.4) is 0 Å². The molecule has 1 N–H and O–H groups in total. The Morgan fingerprint density at radius 1 is 1.36 bits per heavy atom. The molecule has 14 heavy (non-hydrogen) atoms. The molecule has 76 valence electrons. The Hall–Kier alpha value is -0.240. The molecule has 0 saturated carbocycles. The summed E-state index contributed by atoms with van der Waals surface area (Å²) in [6, 6.07) is 5.72. The van der Waals surface area contributed by atoms with Crippen molar-refractivity contribution in [2.24, 2.45) is 0 Å². The SMILES string of the molecule is CC1(c2ccc(Cl)cc2Cl)CCCN1. The zero-order valence-corrected chi connectivity index (χ0v) is 9.62. The van der Waals surface area contributed by atoms with Crippen LogP contribution in [-0.2, 0) is 5.54 Å². The van der Waals surface area contributed by atoms with Crippen LogP contribution in [0.5, 0.6) is 0 Å². The minimum Gasteiger partial charge on any atom is -0.308 e.